The van der Waals surface area contributed by atoms with E-state index in [0.29, 0.717) is 41.3 Å². The molecule has 2 aliphatic rings. The van der Waals surface area contributed by atoms with Gasteiger partial charge in [-0.05, 0) is 71.4 Å². The lowest BCUT2D eigenvalue weighted by Gasteiger charge is -2.16. The Morgan fingerprint density at radius 1 is 1.07 bits per heavy atom. The second-order valence-electron chi connectivity index (χ2n) is 12.1. The number of aliphatic carboxylic acids is 1. The predicted octanol–water partition coefficient (Wildman–Crippen LogP) is 6.90. The number of nitrogens with zero attached hydrogens (tertiary/aromatic N) is 2. The van der Waals surface area contributed by atoms with Crippen molar-refractivity contribution in [1.82, 2.24) is 9.97 Å². The smallest absolute Gasteiger partial charge is 0.303 e. The van der Waals surface area contributed by atoms with Gasteiger partial charge >= 0.3 is 5.97 Å². The first-order valence-electron chi connectivity index (χ1n) is 13.8. The van der Waals surface area contributed by atoms with Crippen LogP contribution in [0.25, 0.3) is 11.3 Å². The maximum Gasteiger partial charge on any atom is 0.303 e. The molecule has 3 aromatic rings. The van der Waals surface area contributed by atoms with E-state index in [2.05, 4.69) is 32.7 Å². The van der Waals surface area contributed by atoms with Crippen molar-refractivity contribution in [3.05, 3.63) is 65.7 Å². The average molecular weight is 549 g/mol. The molecule has 5 rings (SSSR count). The molecule has 0 aliphatic heterocycles. The molecule has 0 radical (unpaired) electrons. The van der Waals surface area contributed by atoms with Crippen LogP contribution in [0.1, 0.15) is 64.1 Å². The average Bonchev–Trinajstić information content (AvgIpc) is 3.82. The van der Waals surface area contributed by atoms with Gasteiger partial charge in [0.1, 0.15) is 35.3 Å². The number of ether oxygens (including phenoxy) is 3. The molecule has 7 nitrogen and oxygen atoms in total. The van der Waals surface area contributed by atoms with Crippen molar-refractivity contribution in [1.29, 1.82) is 0 Å². The molecular weight excluding hydrogens is 511 g/mol. The third-order valence-electron chi connectivity index (χ3n) is 9.18. The highest BCUT2D eigenvalue weighted by molar-refractivity contribution is 5.68. The van der Waals surface area contributed by atoms with Gasteiger partial charge in [0.15, 0.2) is 0 Å². The number of benzene rings is 2. The second kappa shape index (κ2) is 10.7. The SMILES string of the molecule is COc1ccc(F)c(-c2ncc(COc3cccc([C@@H](CC(=O)O)C4CC4)c3)nc2OCC2C(C)(C)C2(C)C)c1. The van der Waals surface area contributed by atoms with Crippen LogP contribution in [0.3, 0.4) is 0 Å². The first kappa shape index (κ1) is 27.9. The Hall–Kier alpha value is -3.68. The molecule has 2 saturated carbocycles. The van der Waals surface area contributed by atoms with Crippen molar-refractivity contribution in [3.63, 3.8) is 0 Å². The normalized spacial score (nSPS) is 18.1. The van der Waals surface area contributed by atoms with E-state index in [9.17, 15) is 14.3 Å². The molecule has 212 valence electrons. The Labute approximate surface area is 234 Å². The van der Waals surface area contributed by atoms with E-state index in [1.807, 2.05) is 24.3 Å². The lowest BCUT2D eigenvalue weighted by atomic mass is 9.91. The van der Waals surface area contributed by atoms with E-state index in [1.54, 1.807) is 18.3 Å². The minimum Gasteiger partial charge on any atom is -0.497 e. The van der Waals surface area contributed by atoms with Crippen LogP contribution in [0.2, 0.25) is 0 Å². The molecule has 8 heteroatoms. The van der Waals surface area contributed by atoms with Gasteiger partial charge in [0, 0.05) is 11.5 Å². The zero-order chi connectivity index (χ0) is 28.7. The third-order valence-corrected chi connectivity index (χ3v) is 9.18. The molecular formula is C32H37FN2O5. The van der Waals surface area contributed by atoms with Crippen molar-refractivity contribution in [2.45, 2.75) is 59.5 Å². The molecule has 0 saturated heterocycles. The number of methoxy groups -OCH3 is 1. The van der Waals surface area contributed by atoms with Gasteiger partial charge in [-0.25, -0.2) is 14.4 Å². The van der Waals surface area contributed by atoms with Crippen LogP contribution >= 0.6 is 0 Å². The summed E-state index contributed by atoms with van der Waals surface area (Å²) in [5.74, 6) is 0.844. The Morgan fingerprint density at radius 3 is 2.48 bits per heavy atom. The standard InChI is InChI=1S/C32H37FN2O5/c1-31(2)27(32(31,3)4)18-40-30-29(25-14-22(38-5)11-12-26(25)33)34-16-21(35-30)17-39-23-8-6-7-20(13-23)24(15-28(36)37)19-9-10-19/h6-8,11-14,16,19,24,27H,9-10,15,17-18H2,1-5H3,(H,36,37)/t24-/m0/s1. The Kier molecular flexibility index (Phi) is 7.46. The van der Waals surface area contributed by atoms with Crippen molar-refractivity contribution in [3.8, 4) is 28.6 Å². The number of carboxylic acid groups (broad SMARTS) is 1. The Morgan fingerprint density at radius 2 is 1.82 bits per heavy atom. The number of carboxylic acids is 1. The van der Waals surface area contributed by atoms with Crippen molar-refractivity contribution in [2.75, 3.05) is 13.7 Å². The Balaban J connectivity index is 1.38. The maximum absolute atomic E-state index is 14.9. The zero-order valence-electron chi connectivity index (χ0n) is 23.7. The minimum atomic E-state index is -0.795. The number of aromatic nitrogens is 2. The highest BCUT2D eigenvalue weighted by Gasteiger charge is 2.64. The van der Waals surface area contributed by atoms with Crippen LogP contribution in [-0.4, -0.2) is 34.8 Å². The number of hydrogen-bond acceptors (Lipinski definition) is 6. The fourth-order valence-corrected chi connectivity index (χ4v) is 5.72. The third kappa shape index (κ3) is 5.62. The number of halogens is 1. The van der Waals surface area contributed by atoms with Crippen molar-refractivity contribution < 1.29 is 28.5 Å². The molecule has 0 spiro atoms. The monoisotopic (exact) mass is 548 g/mol. The number of rotatable bonds is 12. The fourth-order valence-electron chi connectivity index (χ4n) is 5.72. The van der Waals surface area contributed by atoms with E-state index < -0.39 is 11.8 Å². The molecule has 0 unspecified atom stereocenters. The highest BCUT2D eigenvalue weighted by atomic mass is 19.1. The van der Waals surface area contributed by atoms with Gasteiger partial charge in [-0.3, -0.25) is 4.79 Å². The van der Waals surface area contributed by atoms with E-state index >= 15 is 0 Å². The fraction of sp³-hybridized carbons (Fsp3) is 0.469. The summed E-state index contributed by atoms with van der Waals surface area (Å²) < 4.78 is 32.5. The second-order valence-corrected chi connectivity index (χ2v) is 12.1. The molecule has 40 heavy (non-hydrogen) atoms. The van der Waals surface area contributed by atoms with Crippen LogP contribution in [-0.2, 0) is 11.4 Å². The quantitative estimate of drug-likeness (QED) is 0.263. The summed E-state index contributed by atoms with van der Waals surface area (Å²) >= 11 is 0. The molecule has 1 heterocycles. The maximum atomic E-state index is 14.9. The lowest BCUT2D eigenvalue weighted by Crippen LogP contribution is -2.10. The summed E-state index contributed by atoms with van der Waals surface area (Å²) in [6.45, 7) is 9.44. The van der Waals surface area contributed by atoms with Gasteiger partial charge in [0.2, 0.25) is 5.88 Å². The highest BCUT2D eigenvalue weighted by Crippen LogP contribution is 2.68. The summed E-state index contributed by atoms with van der Waals surface area (Å²) in [5, 5.41) is 9.37. The minimum absolute atomic E-state index is 0.0196. The number of hydrogen-bond donors (Lipinski definition) is 1. The van der Waals surface area contributed by atoms with Gasteiger partial charge in [-0.1, -0.05) is 39.8 Å². The van der Waals surface area contributed by atoms with Crippen LogP contribution in [0.15, 0.2) is 48.7 Å². The van der Waals surface area contributed by atoms with Gasteiger partial charge in [0.25, 0.3) is 0 Å². The van der Waals surface area contributed by atoms with E-state index in [0.717, 1.165) is 18.4 Å². The first-order valence-corrected chi connectivity index (χ1v) is 13.8. The van der Waals surface area contributed by atoms with Gasteiger partial charge in [-0.2, -0.15) is 0 Å². The molecule has 0 amide bonds. The molecule has 2 fully saturated rings. The van der Waals surface area contributed by atoms with Gasteiger partial charge in [0.05, 0.1) is 26.3 Å². The van der Waals surface area contributed by atoms with Crippen molar-refractivity contribution in [2.24, 2.45) is 22.7 Å². The molecule has 1 atom stereocenters. The van der Waals surface area contributed by atoms with E-state index in [1.165, 1.54) is 13.2 Å². The molecule has 1 aromatic heterocycles. The van der Waals surface area contributed by atoms with Crippen molar-refractivity contribution >= 4 is 5.97 Å². The summed E-state index contributed by atoms with van der Waals surface area (Å²) in [4.78, 5) is 20.7. The topological polar surface area (TPSA) is 90.8 Å². The molecule has 2 aromatic carbocycles. The van der Waals surface area contributed by atoms with Crippen LogP contribution < -0.4 is 14.2 Å². The van der Waals surface area contributed by atoms with Crippen LogP contribution in [0.4, 0.5) is 4.39 Å². The molecule has 1 N–H and O–H groups in total. The summed E-state index contributed by atoms with van der Waals surface area (Å²) in [5.41, 5.74) is 2.29. The number of carbonyl (C=O) groups is 1. The molecule has 2 aliphatic carbocycles. The predicted molar refractivity (Wildman–Crippen MR) is 149 cm³/mol. The van der Waals surface area contributed by atoms with E-state index in [-0.39, 0.29) is 41.2 Å². The summed E-state index contributed by atoms with van der Waals surface area (Å²) in [6, 6.07) is 12.1. The zero-order valence-corrected chi connectivity index (χ0v) is 23.7. The summed E-state index contributed by atoms with van der Waals surface area (Å²) in [6.07, 6.45) is 3.78. The molecule has 0 bridgehead atoms. The van der Waals surface area contributed by atoms with E-state index in [4.69, 9.17) is 19.2 Å². The lowest BCUT2D eigenvalue weighted by molar-refractivity contribution is -0.137. The first-order chi connectivity index (χ1) is 19.0. The summed E-state index contributed by atoms with van der Waals surface area (Å²) in [7, 11) is 1.53. The van der Waals surface area contributed by atoms with Crippen LogP contribution in [0.5, 0.6) is 17.4 Å². The largest absolute Gasteiger partial charge is 0.497 e. The van der Waals surface area contributed by atoms with Crippen LogP contribution in [0, 0.1) is 28.5 Å². The Bertz CT molecular complexity index is 1390. The van der Waals surface area contributed by atoms with Gasteiger partial charge in [-0.15, -0.1) is 0 Å². The van der Waals surface area contributed by atoms with Gasteiger partial charge < -0.3 is 19.3 Å².